The van der Waals surface area contributed by atoms with Crippen molar-refractivity contribution in [1.82, 2.24) is 10.3 Å². The van der Waals surface area contributed by atoms with Crippen LogP contribution in [0, 0.1) is 18.3 Å². The number of aryl methyl sites for hydroxylation is 1. The first-order valence-corrected chi connectivity index (χ1v) is 9.75. The average molecular weight is 372 g/mol. The Hall–Kier alpha value is -3.10. The highest BCUT2D eigenvalue weighted by Gasteiger charge is 2.26. The number of benzene rings is 2. The zero-order valence-corrected chi connectivity index (χ0v) is 16.0. The lowest BCUT2D eigenvalue weighted by molar-refractivity contribution is 0.428. The Morgan fingerprint density at radius 2 is 1.89 bits per heavy atom. The van der Waals surface area contributed by atoms with Gasteiger partial charge in [-0.1, -0.05) is 42.5 Å². The van der Waals surface area contributed by atoms with Gasteiger partial charge in [0.1, 0.15) is 11.6 Å². The average Bonchev–Trinajstić information content (AvgIpc) is 2.72. The van der Waals surface area contributed by atoms with Gasteiger partial charge < -0.3 is 15.2 Å². The van der Waals surface area contributed by atoms with Crippen LogP contribution in [0.1, 0.15) is 29.5 Å². The second kappa shape index (κ2) is 7.87. The van der Waals surface area contributed by atoms with Crippen molar-refractivity contribution in [2.75, 3.05) is 18.0 Å². The van der Waals surface area contributed by atoms with Crippen molar-refractivity contribution in [2.45, 2.75) is 32.4 Å². The molecule has 0 amide bonds. The molecule has 1 saturated heterocycles. The quantitative estimate of drug-likeness (QED) is 0.736. The third kappa shape index (κ3) is 3.51. The van der Waals surface area contributed by atoms with E-state index in [4.69, 9.17) is 0 Å². The maximum absolute atomic E-state index is 12.7. The van der Waals surface area contributed by atoms with Crippen molar-refractivity contribution in [2.24, 2.45) is 0 Å². The molecular formula is C23H24N4O. The summed E-state index contributed by atoms with van der Waals surface area (Å²) in [6.45, 7) is 4.56. The second-order valence-corrected chi connectivity index (χ2v) is 7.43. The molecule has 2 aromatic carbocycles. The van der Waals surface area contributed by atoms with Crippen molar-refractivity contribution in [3.05, 3.63) is 75.6 Å². The number of pyridine rings is 1. The summed E-state index contributed by atoms with van der Waals surface area (Å²) in [6.07, 6.45) is 1.97. The van der Waals surface area contributed by atoms with Crippen molar-refractivity contribution < 1.29 is 0 Å². The highest BCUT2D eigenvalue weighted by molar-refractivity contribution is 5.95. The van der Waals surface area contributed by atoms with Crippen LogP contribution in [0.15, 0.2) is 53.3 Å². The summed E-state index contributed by atoms with van der Waals surface area (Å²) in [4.78, 5) is 17.9. The molecule has 0 spiro atoms. The number of hydrogen-bond acceptors (Lipinski definition) is 4. The number of aromatic amines is 1. The molecular weight excluding hydrogens is 348 g/mol. The number of rotatable bonds is 4. The van der Waals surface area contributed by atoms with Crippen LogP contribution >= 0.6 is 0 Å². The zero-order valence-electron chi connectivity index (χ0n) is 16.0. The summed E-state index contributed by atoms with van der Waals surface area (Å²) >= 11 is 0. The van der Waals surface area contributed by atoms with E-state index in [0.29, 0.717) is 6.54 Å². The van der Waals surface area contributed by atoms with Gasteiger partial charge in [0.25, 0.3) is 5.56 Å². The normalized spacial score (nSPS) is 14.7. The third-order valence-corrected chi connectivity index (χ3v) is 5.49. The molecule has 1 aliphatic rings. The van der Waals surface area contributed by atoms with E-state index in [2.05, 4.69) is 33.4 Å². The van der Waals surface area contributed by atoms with Crippen molar-refractivity contribution in [3.8, 4) is 6.07 Å². The number of anilines is 1. The van der Waals surface area contributed by atoms with E-state index in [1.807, 2.05) is 43.3 Å². The predicted octanol–water partition coefficient (Wildman–Crippen LogP) is 3.47. The molecule has 1 aliphatic heterocycles. The predicted molar refractivity (Wildman–Crippen MR) is 113 cm³/mol. The highest BCUT2D eigenvalue weighted by atomic mass is 16.1. The molecule has 0 saturated carbocycles. The molecule has 142 valence electrons. The number of nitrogens with one attached hydrogen (secondary N) is 2. The SMILES string of the molecule is Cc1ccc2c(N(Cc3ccccc3)C3CCNCC3)c(C#N)c(=O)[nH]c2c1. The molecule has 2 heterocycles. The number of piperidine rings is 1. The lowest BCUT2D eigenvalue weighted by Crippen LogP contribution is -2.43. The maximum atomic E-state index is 12.7. The van der Waals surface area contributed by atoms with Crippen LogP contribution in [0.4, 0.5) is 5.69 Å². The molecule has 0 bridgehead atoms. The van der Waals surface area contributed by atoms with E-state index < -0.39 is 0 Å². The molecule has 0 radical (unpaired) electrons. The third-order valence-electron chi connectivity index (χ3n) is 5.49. The van der Waals surface area contributed by atoms with Crippen LogP contribution in [-0.2, 0) is 6.54 Å². The zero-order chi connectivity index (χ0) is 19.5. The van der Waals surface area contributed by atoms with E-state index in [1.165, 1.54) is 5.56 Å². The lowest BCUT2D eigenvalue weighted by atomic mass is 9.99. The fourth-order valence-corrected chi connectivity index (χ4v) is 4.09. The summed E-state index contributed by atoms with van der Waals surface area (Å²) in [6, 6.07) is 18.7. The minimum Gasteiger partial charge on any atom is -0.362 e. The number of nitriles is 1. The van der Waals surface area contributed by atoms with Gasteiger partial charge in [-0.3, -0.25) is 4.79 Å². The van der Waals surface area contributed by atoms with Gasteiger partial charge in [-0.05, 0) is 50.0 Å². The number of nitrogens with zero attached hydrogens (tertiary/aromatic N) is 2. The van der Waals surface area contributed by atoms with Gasteiger partial charge in [0, 0.05) is 18.0 Å². The van der Waals surface area contributed by atoms with Crippen LogP contribution in [0.25, 0.3) is 10.9 Å². The maximum Gasteiger partial charge on any atom is 0.268 e. The Labute approximate surface area is 164 Å². The highest BCUT2D eigenvalue weighted by Crippen LogP contribution is 2.32. The van der Waals surface area contributed by atoms with E-state index in [1.54, 1.807) is 0 Å². The summed E-state index contributed by atoms with van der Waals surface area (Å²) < 4.78 is 0. The molecule has 0 aliphatic carbocycles. The van der Waals surface area contributed by atoms with Crippen LogP contribution < -0.4 is 15.8 Å². The molecule has 2 N–H and O–H groups in total. The van der Waals surface area contributed by atoms with Gasteiger partial charge in [-0.25, -0.2) is 0 Å². The van der Waals surface area contributed by atoms with Crippen molar-refractivity contribution in [1.29, 1.82) is 5.26 Å². The van der Waals surface area contributed by atoms with E-state index >= 15 is 0 Å². The fourth-order valence-electron chi connectivity index (χ4n) is 4.09. The van der Waals surface area contributed by atoms with Gasteiger partial charge in [0.2, 0.25) is 0 Å². The van der Waals surface area contributed by atoms with E-state index in [0.717, 1.165) is 48.1 Å². The minimum atomic E-state index is -0.317. The smallest absolute Gasteiger partial charge is 0.268 e. The standard InChI is InChI=1S/C23H24N4O/c1-16-7-8-19-21(13-16)26-23(28)20(14-24)22(19)27(18-9-11-25-12-10-18)15-17-5-3-2-4-6-17/h2-8,13,18,25H,9-12,15H2,1H3,(H,26,28). The van der Waals surface area contributed by atoms with Crippen LogP contribution in [0.2, 0.25) is 0 Å². The largest absolute Gasteiger partial charge is 0.362 e. The first-order chi connectivity index (χ1) is 13.7. The van der Waals surface area contributed by atoms with Crippen LogP contribution in [0.5, 0.6) is 0 Å². The molecule has 28 heavy (non-hydrogen) atoms. The molecule has 5 heteroatoms. The molecule has 3 aromatic rings. The number of fused-ring (bicyclic) bond motifs is 1. The summed E-state index contributed by atoms with van der Waals surface area (Å²) in [5, 5.41) is 14.2. The molecule has 1 fully saturated rings. The fraction of sp³-hybridized carbons (Fsp3) is 0.304. The van der Waals surface area contributed by atoms with Crippen molar-refractivity contribution >= 4 is 16.6 Å². The van der Waals surface area contributed by atoms with Gasteiger partial charge in [-0.15, -0.1) is 0 Å². The van der Waals surface area contributed by atoms with Gasteiger partial charge in [0.15, 0.2) is 0 Å². The minimum absolute atomic E-state index is 0.200. The topological polar surface area (TPSA) is 71.9 Å². The van der Waals surface area contributed by atoms with Gasteiger partial charge >= 0.3 is 0 Å². The Balaban J connectivity index is 1.93. The number of aromatic nitrogens is 1. The van der Waals surface area contributed by atoms with E-state index in [-0.39, 0.29) is 17.2 Å². The Morgan fingerprint density at radius 1 is 1.14 bits per heavy atom. The molecule has 0 atom stereocenters. The number of hydrogen-bond donors (Lipinski definition) is 2. The van der Waals surface area contributed by atoms with E-state index in [9.17, 15) is 10.1 Å². The molecule has 0 unspecified atom stereocenters. The van der Waals surface area contributed by atoms with Crippen LogP contribution in [-0.4, -0.2) is 24.1 Å². The first kappa shape index (κ1) is 18.3. The Kier molecular flexibility index (Phi) is 5.14. The van der Waals surface area contributed by atoms with Crippen molar-refractivity contribution in [3.63, 3.8) is 0 Å². The summed E-state index contributed by atoms with van der Waals surface area (Å²) in [5.74, 6) is 0. The first-order valence-electron chi connectivity index (χ1n) is 9.75. The second-order valence-electron chi connectivity index (χ2n) is 7.43. The number of H-pyrrole nitrogens is 1. The Morgan fingerprint density at radius 3 is 2.61 bits per heavy atom. The molecule has 5 nitrogen and oxygen atoms in total. The lowest BCUT2D eigenvalue weighted by Gasteiger charge is -2.37. The summed E-state index contributed by atoms with van der Waals surface area (Å²) in [5.41, 5.74) is 3.68. The van der Waals surface area contributed by atoms with Gasteiger partial charge in [0.05, 0.1) is 11.2 Å². The Bertz CT molecular complexity index is 1080. The van der Waals surface area contributed by atoms with Crippen LogP contribution in [0.3, 0.4) is 0 Å². The van der Waals surface area contributed by atoms with Gasteiger partial charge in [-0.2, -0.15) is 5.26 Å². The monoisotopic (exact) mass is 372 g/mol. The molecule has 4 rings (SSSR count). The molecule has 1 aromatic heterocycles. The summed E-state index contributed by atoms with van der Waals surface area (Å²) in [7, 11) is 0.